The molecule has 29 heavy (non-hydrogen) atoms. The molecule has 0 saturated carbocycles. The molecule has 2 atom stereocenters. The summed E-state index contributed by atoms with van der Waals surface area (Å²) in [7, 11) is -3.63. The van der Waals surface area contributed by atoms with E-state index in [1.54, 1.807) is 25.1 Å². The van der Waals surface area contributed by atoms with Crippen LogP contribution in [0.25, 0.3) is 0 Å². The van der Waals surface area contributed by atoms with E-state index in [9.17, 15) is 13.2 Å². The molecule has 0 saturated heterocycles. The lowest BCUT2D eigenvalue weighted by molar-refractivity contribution is -0.122. The average molecular weight is 417 g/mol. The van der Waals surface area contributed by atoms with E-state index in [0.717, 1.165) is 17.4 Å². The van der Waals surface area contributed by atoms with Crippen molar-refractivity contribution in [3.8, 4) is 0 Å². The number of hydrogen-bond acceptors (Lipinski definition) is 3. The van der Waals surface area contributed by atoms with Crippen molar-refractivity contribution >= 4 is 21.6 Å². The predicted molar refractivity (Wildman–Crippen MR) is 120 cm³/mol. The van der Waals surface area contributed by atoms with Crippen LogP contribution in [0, 0.1) is 6.92 Å². The zero-order valence-electron chi connectivity index (χ0n) is 18.4. The second-order valence-corrected chi connectivity index (χ2v) is 10.5. The minimum atomic E-state index is -3.63. The van der Waals surface area contributed by atoms with Crippen LogP contribution in [0.2, 0.25) is 0 Å². The highest BCUT2D eigenvalue weighted by atomic mass is 32.2. The Balaban J connectivity index is 2.21. The molecular weight excluding hydrogens is 384 g/mol. The summed E-state index contributed by atoms with van der Waals surface area (Å²) < 4.78 is 26.0. The van der Waals surface area contributed by atoms with Gasteiger partial charge in [-0.15, -0.1) is 0 Å². The van der Waals surface area contributed by atoms with E-state index in [4.69, 9.17) is 0 Å². The lowest BCUT2D eigenvalue weighted by Gasteiger charge is -2.29. The number of amides is 1. The van der Waals surface area contributed by atoms with Gasteiger partial charge in [-0.2, -0.15) is 0 Å². The third-order valence-electron chi connectivity index (χ3n) is 4.98. The molecule has 0 radical (unpaired) electrons. The summed E-state index contributed by atoms with van der Waals surface area (Å²) in [4.78, 5) is 12.9. The number of aryl methyl sites for hydroxylation is 1. The first-order chi connectivity index (χ1) is 13.3. The standard InChI is InChI=1S/C23H32N2O3S/c1-16-9-8-10-21(15-16)25(29(7,27)28)18(3)22(26)24-17(2)19-11-13-20(14-12-19)23(4,5)6/h8-15,17-18H,1-7H3,(H,24,26)/t17-,18-/m1/s1. The number of anilines is 1. The van der Waals surface area contributed by atoms with Gasteiger partial charge in [-0.05, 0) is 55.0 Å². The van der Waals surface area contributed by atoms with Gasteiger partial charge in [-0.3, -0.25) is 9.10 Å². The normalized spacial score (nSPS) is 14.2. The molecule has 0 spiro atoms. The molecular formula is C23H32N2O3S. The highest BCUT2D eigenvalue weighted by Gasteiger charge is 2.30. The Morgan fingerprint density at radius 3 is 2.10 bits per heavy atom. The van der Waals surface area contributed by atoms with Crippen molar-refractivity contribution in [3.05, 3.63) is 65.2 Å². The Morgan fingerprint density at radius 1 is 1.03 bits per heavy atom. The summed E-state index contributed by atoms with van der Waals surface area (Å²) in [5.74, 6) is -0.343. The predicted octanol–water partition coefficient (Wildman–Crippen LogP) is 4.32. The van der Waals surface area contributed by atoms with E-state index in [1.807, 2.05) is 32.0 Å². The van der Waals surface area contributed by atoms with Crippen molar-refractivity contribution in [2.75, 3.05) is 10.6 Å². The minimum absolute atomic E-state index is 0.0589. The van der Waals surface area contributed by atoms with Gasteiger partial charge in [0.15, 0.2) is 0 Å². The topological polar surface area (TPSA) is 66.5 Å². The monoisotopic (exact) mass is 416 g/mol. The fraction of sp³-hybridized carbons (Fsp3) is 0.435. The first-order valence-electron chi connectivity index (χ1n) is 9.77. The molecule has 1 amide bonds. The zero-order chi connectivity index (χ0) is 22.0. The van der Waals surface area contributed by atoms with Gasteiger partial charge in [0.2, 0.25) is 15.9 Å². The molecule has 0 aliphatic heterocycles. The largest absolute Gasteiger partial charge is 0.348 e. The summed E-state index contributed by atoms with van der Waals surface area (Å²) in [5.41, 5.74) is 3.66. The molecule has 0 aromatic heterocycles. The van der Waals surface area contributed by atoms with Crippen LogP contribution >= 0.6 is 0 Å². The molecule has 2 rings (SSSR count). The summed E-state index contributed by atoms with van der Waals surface area (Å²) in [6, 6.07) is 14.2. The van der Waals surface area contributed by atoms with Crippen molar-refractivity contribution in [2.24, 2.45) is 0 Å². The molecule has 0 aliphatic rings. The van der Waals surface area contributed by atoms with E-state index in [1.165, 1.54) is 9.87 Å². The van der Waals surface area contributed by atoms with E-state index in [2.05, 4.69) is 38.2 Å². The SMILES string of the molecule is Cc1cccc(N([C@H](C)C(=O)N[C@H](C)c2ccc(C(C)(C)C)cc2)S(C)(=O)=O)c1. The molecule has 0 fully saturated rings. The number of carbonyl (C=O) groups is 1. The number of nitrogens with zero attached hydrogens (tertiary/aromatic N) is 1. The van der Waals surface area contributed by atoms with Crippen molar-refractivity contribution in [2.45, 2.75) is 59.0 Å². The molecule has 0 heterocycles. The van der Waals surface area contributed by atoms with Crippen LogP contribution in [0.5, 0.6) is 0 Å². The zero-order valence-corrected chi connectivity index (χ0v) is 19.2. The third kappa shape index (κ3) is 5.82. The molecule has 6 heteroatoms. The second kappa shape index (κ2) is 8.57. The minimum Gasteiger partial charge on any atom is -0.348 e. The van der Waals surface area contributed by atoms with E-state index >= 15 is 0 Å². The van der Waals surface area contributed by atoms with E-state index < -0.39 is 16.1 Å². The first-order valence-corrected chi connectivity index (χ1v) is 11.6. The maximum atomic E-state index is 12.9. The van der Waals surface area contributed by atoms with Crippen molar-refractivity contribution in [1.82, 2.24) is 5.32 Å². The Kier molecular flexibility index (Phi) is 6.78. The molecule has 2 aromatic rings. The number of nitrogens with one attached hydrogen (secondary N) is 1. The quantitative estimate of drug-likeness (QED) is 0.762. The summed E-state index contributed by atoms with van der Waals surface area (Å²) >= 11 is 0. The second-order valence-electron chi connectivity index (χ2n) is 8.68. The van der Waals surface area contributed by atoms with Gasteiger partial charge in [0.25, 0.3) is 0 Å². The van der Waals surface area contributed by atoms with Crippen LogP contribution in [0.1, 0.15) is 57.4 Å². The Bertz CT molecular complexity index is 960. The van der Waals surface area contributed by atoms with Gasteiger partial charge in [-0.25, -0.2) is 8.42 Å². The van der Waals surface area contributed by atoms with Gasteiger partial charge < -0.3 is 5.32 Å². The van der Waals surface area contributed by atoms with Crippen molar-refractivity contribution in [3.63, 3.8) is 0 Å². The summed E-state index contributed by atoms with van der Waals surface area (Å²) in [5, 5.41) is 2.95. The molecule has 158 valence electrons. The molecule has 0 bridgehead atoms. The van der Waals surface area contributed by atoms with Crippen LogP contribution in [0.3, 0.4) is 0 Å². The van der Waals surface area contributed by atoms with Crippen LogP contribution in [-0.2, 0) is 20.2 Å². The molecule has 2 aromatic carbocycles. The molecule has 0 unspecified atom stereocenters. The molecule has 0 aliphatic carbocycles. The lowest BCUT2D eigenvalue weighted by atomic mass is 9.86. The molecule has 5 nitrogen and oxygen atoms in total. The number of benzene rings is 2. The number of carbonyl (C=O) groups excluding carboxylic acids is 1. The van der Waals surface area contributed by atoms with E-state index in [0.29, 0.717) is 5.69 Å². The van der Waals surface area contributed by atoms with Gasteiger partial charge >= 0.3 is 0 Å². The first kappa shape index (κ1) is 22.9. The van der Waals surface area contributed by atoms with Crippen molar-refractivity contribution < 1.29 is 13.2 Å². The van der Waals surface area contributed by atoms with Crippen LogP contribution in [-0.4, -0.2) is 26.6 Å². The smallest absolute Gasteiger partial charge is 0.244 e. The fourth-order valence-corrected chi connectivity index (χ4v) is 4.43. The highest BCUT2D eigenvalue weighted by Crippen LogP contribution is 2.25. The van der Waals surface area contributed by atoms with Crippen LogP contribution < -0.4 is 9.62 Å². The number of rotatable bonds is 6. The summed E-state index contributed by atoms with van der Waals surface area (Å²) in [6.45, 7) is 11.8. The Labute approximate surface area is 175 Å². The third-order valence-corrected chi connectivity index (χ3v) is 6.22. The maximum Gasteiger partial charge on any atom is 0.244 e. The van der Waals surface area contributed by atoms with Crippen molar-refractivity contribution in [1.29, 1.82) is 0 Å². The van der Waals surface area contributed by atoms with Crippen LogP contribution in [0.4, 0.5) is 5.69 Å². The number of sulfonamides is 1. The van der Waals surface area contributed by atoms with Gasteiger partial charge in [0, 0.05) is 0 Å². The lowest BCUT2D eigenvalue weighted by Crippen LogP contribution is -2.48. The van der Waals surface area contributed by atoms with Gasteiger partial charge in [0.05, 0.1) is 18.0 Å². The number of hydrogen-bond donors (Lipinski definition) is 1. The van der Waals surface area contributed by atoms with Gasteiger partial charge in [-0.1, -0.05) is 57.2 Å². The highest BCUT2D eigenvalue weighted by molar-refractivity contribution is 7.92. The van der Waals surface area contributed by atoms with Gasteiger partial charge in [0.1, 0.15) is 6.04 Å². The van der Waals surface area contributed by atoms with Crippen LogP contribution in [0.15, 0.2) is 48.5 Å². The average Bonchev–Trinajstić information content (AvgIpc) is 2.60. The maximum absolute atomic E-state index is 12.9. The summed E-state index contributed by atoms with van der Waals surface area (Å²) in [6.07, 6.45) is 1.12. The van der Waals surface area contributed by atoms with E-state index in [-0.39, 0.29) is 17.4 Å². The molecule has 1 N–H and O–H groups in total. The fourth-order valence-electron chi connectivity index (χ4n) is 3.26. The Morgan fingerprint density at radius 2 is 1.62 bits per heavy atom. The Hall–Kier alpha value is -2.34.